The first-order valence-corrected chi connectivity index (χ1v) is 9.58. The number of carboxylic acids is 1. The van der Waals surface area contributed by atoms with Crippen molar-refractivity contribution in [1.29, 1.82) is 0 Å². The van der Waals surface area contributed by atoms with Crippen molar-refractivity contribution in [3.05, 3.63) is 112 Å². The van der Waals surface area contributed by atoms with Crippen LogP contribution in [0.5, 0.6) is 0 Å². The summed E-state index contributed by atoms with van der Waals surface area (Å²) in [7, 11) is 0. The maximum atomic E-state index is 12.8. The molecule has 1 N–H and O–H groups in total. The number of aromatic carboxylic acids is 1. The Bertz CT molecular complexity index is 1180. The van der Waals surface area contributed by atoms with E-state index in [0.717, 1.165) is 16.7 Å². The lowest BCUT2D eigenvalue weighted by atomic mass is 10.0. The number of amides is 1. The van der Waals surface area contributed by atoms with E-state index < -0.39 is 5.97 Å². The second-order valence-corrected chi connectivity index (χ2v) is 7.01. The van der Waals surface area contributed by atoms with E-state index in [1.54, 1.807) is 23.2 Å². The number of carbonyl (C=O) groups excluding carboxylic acids is 1. The van der Waals surface area contributed by atoms with Gasteiger partial charge in [-0.1, -0.05) is 48.2 Å². The van der Waals surface area contributed by atoms with Gasteiger partial charge in [-0.05, 0) is 59.2 Å². The quantitative estimate of drug-likeness (QED) is 0.662. The van der Waals surface area contributed by atoms with E-state index in [1.165, 1.54) is 17.7 Å². The molecule has 0 aliphatic carbocycles. The molecular formula is C26H19NO3. The Hall–Kier alpha value is -4.10. The molecule has 30 heavy (non-hydrogen) atoms. The van der Waals surface area contributed by atoms with Crippen molar-refractivity contribution in [1.82, 2.24) is 4.90 Å². The van der Waals surface area contributed by atoms with E-state index in [0.29, 0.717) is 18.5 Å². The average molecular weight is 393 g/mol. The van der Waals surface area contributed by atoms with Gasteiger partial charge in [0.25, 0.3) is 5.91 Å². The van der Waals surface area contributed by atoms with E-state index in [9.17, 15) is 9.59 Å². The minimum atomic E-state index is -1.01. The number of benzene rings is 3. The summed E-state index contributed by atoms with van der Waals surface area (Å²) in [5.41, 5.74) is 4.79. The molecule has 0 radical (unpaired) electrons. The number of fused-ring (bicyclic) bond motifs is 1. The molecule has 0 unspecified atom stereocenters. The van der Waals surface area contributed by atoms with Gasteiger partial charge in [0.05, 0.1) is 12.1 Å². The lowest BCUT2D eigenvalue weighted by molar-refractivity contribution is 0.0695. The second-order valence-electron chi connectivity index (χ2n) is 7.01. The maximum Gasteiger partial charge on any atom is 0.335 e. The monoisotopic (exact) mass is 393 g/mol. The van der Waals surface area contributed by atoms with E-state index in [1.807, 2.05) is 42.5 Å². The Morgan fingerprint density at radius 3 is 2.40 bits per heavy atom. The lowest BCUT2D eigenvalue weighted by Gasteiger charge is -2.24. The normalized spacial score (nSPS) is 11.9. The van der Waals surface area contributed by atoms with Gasteiger partial charge < -0.3 is 10.0 Å². The van der Waals surface area contributed by atoms with Crippen LogP contribution in [-0.2, 0) is 13.0 Å². The van der Waals surface area contributed by atoms with Gasteiger partial charge >= 0.3 is 5.97 Å². The summed E-state index contributed by atoms with van der Waals surface area (Å²) in [5.74, 6) is 5.22. The third kappa shape index (κ3) is 4.31. The van der Waals surface area contributed by atoms with Crippen molar-refractivity contribution in [2.45, 2.75) is 13.0 Å². The summed E-state index contributed by atoms with van der Waals surface area (Å²) in [6.45, 7) is 0.444. The smallest absolute Gasteiger partial charge is 0.335 e. The SMILES string of the molecule is O=C(O)c1ccc(C(=O)N2C=Cc3ccc(C#CCc4ccccc4)cc3C2)cc1. The van der Waals surface area contributed by atoms with Crippen LogP contribution in [0.1, 0.15) is 43.0 Å². The predicted octanol–water partition coefficient (Wildman–Crippen LogP) is 4.61. The molecule has 0 saturated heterocycles. The number of carbonyl (C=O) groups is 2. The van der Waals surface area contributed by atoms with Gasteiger partial charge in [-0.2, -0.15) is 0 Å². The zero-order valence-electron chi connectivity index (χ0n) is 16.2. The molecule has 3 aromatic carbocycles. The molecular weight excluding hydrogens is 374 g/mol. The predicted molar refractivity (Wildman–Crippen MR) is 116 cm³/mol. The van der Waals surface area contributed by atoms with Crippen LogP contribution in [-0.4, -0.2) is 21.9 Å². The van der Waals surface area contributed by atoms with Gasteiger partial charge in [0.1, 0.15) is 0 Å². The molecule has 1 aliphatic heterocycles. The molecule has 0 atom stereocenters. The third-order valence-electron chi connectivity index (χ3n) is 4.93. The van der Waals surface area contributed by atoms with Crippen molar-refractivity contribution in [3.8, 4) is 11.8 Å². The highest BCUT2D eigenvalue weighted by molar-refractivity contribution is 5.97. The summed E-state index contributed by atoms with van der Waals surface area (Å²) in [6, 6.07) is 22.1. The molecule has 146 valence electrons. The molecule has 4 rings (SSSR count). The highest BCUT2D eigenvalue weighted by atomic mass is 16.4. The maximum absolute atomic E-state index is 12.8. The number of hydrogen-bond acceptors (Lipinski definition) is 2. The van der Waals surface area contributed by atoms with Crippen molar-refractivity contribution in [2.75, 3.05) is 0 Å². The molecule has 0 bridgehead atoms. The molecule has 1 amide bonds. The Balaban J connectivity index is 1.48. The van der Waals surface area contributed by atoms with Gasteiger partial charge in [0.2, 0.25) is 0 Å². The second kappa shape index (κ2) is 8.50. The van der Waals surface area contributed by atoms with Crippen molar-refractivity contribution < 1.29 is 14.7 Å². The molecule has 1 aliphatic rings. The molecule has 0 saturated carbocycles. The van der Waals surface area contributed by atoms with Gasteiger partial charge in [0.15, 0.2) is 0 Å². The first-order chi connectivity index (χ1) is 14.6. The highest BCUT2D eigenvalue weighted by Gasteiger charge is 2.19. The highest BCUT2D eigenvalue weighted by Crippen LogP contribution is 2.22. The Kier molecular flexibility index (Phi) is 5.45. The van der Waals surface area contributed by atoms with Crippen molar-refractivity contribution in [3.63, 3.8) is 0 Å². The Morgan fingerprint density at radius 1 is 0.933 bits per heavy atom. The molecule has 0 aromatic heterocycles. The molecule has 1 heterocycles. The topological polar surface area (TPSA) is 57.6 Å². The molecule has 0 fully saturated rings. The fourth-order valence-electron chi connectivity index (χ4n) is 3.29. The first-order valence-electron chi connectivity index (χ1n) is 9.58. The van der Waals surface area contributed by atoms with Crippen LogP contribution in [0, 0.1) is 11.8 Å². The summed E-state index contributed by atoms with van der Waals surface area (Å²) >= 11 is 0. The fraction of sp³-hybridized carbons (Fsp3) is 0.0769. The Labute approximate surface area is 175 Å². The van der Waals surface area contributed by atoms with Crippen LogP contribution in [0.4, 0.5) is 0 Å². The van der Waals surface area contributed by atoms with Crippen LogP contribution in [0.2, 0.25) is 0 Å². The van der Waals surface area contributed by atoms with Crippen LogP contribution in [0.3, 0.4) is 0 Å². The molecule has 0 spiro atoms. The summed E-state index contributed by atoms with van der Waals surface area (Å²) < 4.78 is 0. The van der Waals surface area contributed by atoms with Crippen LogP contribution in [0.15, 0.2) is 79.0 Å². The standard InChI is InChI=1S/C26H19NO3/c28-25(22-11-13-23(14-12-22)26(29)30)27-16-15-21-10-9-20(17-24(21)18-27)8-4-7-19-5-2-1-3-6-19/h1-3,5-6,9-17H,7,18H2,(H,29,30). The summed E-state index contributed by atoms with van der Waals surface area (Å²) in [4.78, 5) is 25.4. The number of rotatable bonds is 3. The minimum Gasteiger partial charge on any atom is -0.478 e. The largest absolute Gasteiger partial charge is 0.478 e. The van der Waals surface area contributed by atoms with Gasteiger partial charge in [-0.3, -0.25) is 4.79 Å². The number of nitrogens with zero attached hydrogens (tertiary/aromatic N) is 1. The Morgan fingerprint density at radius 2 is 1.67 bits per heavy atom. The zero-order chi connectivity index (χ0) is 20.9. The lowest BCUT2D eigenvalue weighted by Crippen LogP contribution is -2.27. The van der Waals surface area contributed by atoms with Crippen LogP contribution >= 0.6 is 0 Å². The molecule has 3 aromatic rings. The minimum absolute atomic E-state index is 0.157. The van der Waals surface area contributed by atoms with Crippen molar-refractivity contribution >= 4 is 18.0 Å². The van der Waals surface area contributed by atoms with E-state index in [4.69, 9.17) is 5.11 Å². The summed E-state index contributed by atoms with van der Waals surface area (Å²) in [5, 5.41) is 9.01. The van der Waals surface area contributed by atoms with E-state index in [2.05, 4.69) is 24.0 Å². The number of hydrogen-bond donors (Lipinski definition) is 1. The van der Waals surface area contributed by atoms with E-state index in [-0.39, 0.29) is 11.5 Å². The first kappa shape index (κ1) is 19.2. The van der Waals surface area contributed by atoms with E-state index >= 15 is 0 Å². The van der Waals surface area contributed by atoms with Crippen molar-refractivity contribution in [2.24, 2.45) is 0 Å². The van der Waals surface area contributed by atoms with Gasteiger partial charge in [-0.25, -0.2) is 4.79 Å². The van der Waals surface area contributed by atoms with Crippen LogP contribution in [0.25, 0.3) is 6.08 Å². The fourth-order valence-corrected chi connectivity index (χ4v) is 3.29. The van der Waals surface area contributed by atoms with Gasteiger partial charge in [0, 0.05) is 23.7 Å². The summed E-state index contributed by atoms with van der Waals surface area (Å²) in [6.07, 6.45) is 4.36. The molecule has 4 heteroatoms. The number of carboxylic acid groups (broad SMARTS) is 1. The van der Waals surface area contributed by atoms with Gasteiger partial charge in [-0.15, -0.1) is 0 Å². The average Bonchev–Trinajstić information content (AvgIpc) is 2.79. The van der Waals surface area contributed by atoms with Crippen LogP contribution < -0.4 is 0 Å². The third-order valence-corrected chi connectivity index (χ3v) is 4.93. The molecule has 4 nitrogen and oxygen atoms in total. The zero-order valence-corrected chi connectivity index (χ0v) is 16.2.